The SMILES string of the molecule is CCOc1ccc(N2C[C@H](NS(=O)(=O)c3ccccc3F)CC2=O)cc1. The highest BCUT2D eigenvalue weighted by atomic mass is 32.2. The predicted molar refractivity (Wildman–Crippen MR) is 95.1 cm³/mol. The van der Waals surface area contributed by atoms with Gasteiger partial charge in [-0.05, 0) is 43.3 Å². The van der Waals surface area contributed by atoms with Gasteiger partial charge in [0.2, 0.25) is 15.9 Å². The average molecular weight is 378 g/mol. The highest BCUT2D eigenvalue weighted by Crippen LogP contribution is 2.25. The fourth-order valence-corrected chi connectivity index (χ4v) is 4.18. The van der Waals surface area contributed by atoms with Crippen LogP contribution in [0.3, 0.4) is 0 Å². The molecule has 1 saturated heterocycles. The highest BCUT2D eigenvalue weighted by molar-refractivity contribution is 7.89. The Labute approximate surface area is 151 Å². The van der Waals surface area contributed by atoms with E-state index in [-0.39, 0.29) is 18.9 Å². The molecule has 1 heterocycles. The van der Waals surface area contributed by atoms with Crippen molar-refractivity contribution in [2.45, 2.75) is 24.3 Å². The van der Waals surface area contributed by atoms with E-state index in [0.717, 1.165) is 6.07 Å². The summed E-state index contributed by atoms with van der Waals surface area (Å²) in [7, 11) is -4.04. The summed E-state index contributed by atoms with van der Waals surface area (Å²) in [5.41, 5.74) is 0.658. The number of rotatable bonds is 6. The molecule has 0 saturated carbocycles. The number of sulfonamides is 1. The quantitative estimate of drug-likeness (QED) is 0.837. The molecule has 26 heavy (non-hydrogen) atoms. The number of nitrogens with zero attached hydrogens (tertiary/aromatic N) is 1. The second-order valence-corrected chi connectivity index (χ2v) is 7.57. The van der Waals surface area contributed by atoms with E-state index in [1.807, 2.05) is 6.92 Å². The van der Waals surface area contributed by atoms with Gasteiger partial charge in [-0.25, -0.2) is 17.5 Å². The maximum absolute atomic E-state index is 13.8. The lowest BCUT2D eigenvalue weighted by Crippen LogP contribution is -2.37. The standard InChI is InChI=1S/C18H19FN2O4S/c1-2-25-15-9-7-14(8-10-15)21-12-13(11-18(21)22)20-26(23,24)17-6-4-3-5-16(17)19/h3-10,13,20H,2,11-12H2,1H3/t13-/m1/s1. The van der Waals surface area contributed by atoms with Gasteiger partial charge in [-0.2, -0.15) is 0 Å². The van der Waals surface area contributed by atoms with Crippen molar-refractivity contribution in [1.29, 1.82) is 0 Å². The molecular formula is C18H19FN2O4S. The van der Waals surface area contributed by atoms with Gasteiger partial charge in [0.05, 0.1) is 6.61 Å². The van der Waals surface area contributed by atoms with Crippen molar-refractivity contribution in [1.82, 2.24) is 4.72 Å². The number of hydrogen-bond donors (Lipinski definition) is 1. The summed E-state index contributed by atoms with van der Waals surface area (Å²) >= 11 is 0. The largest absolute Gasteiger partial charge is 0.494 e. The van der Waals surface area contributed by atoms with Crippen molar-refractivity contribution >= 4 is 21.6 Å². The molecule has 1 amide bonds. The molecule has 0 aliphatic carbocycles. The van der Waals surface area contributed by atoms with E-state index in [0.29, 0.717) is 18.0 Å². The molecule has 2 aromatic rings. The fourth-order valence-electron chi connectivity index (χ4n) is 2.87. The van der Waals surface area contributed by atoms with Crippen molar-refractivity contribution in [2.75, 3.05) is 18.1 Å². The average Bonchev–Trinajstić information content (AvgIpc) is 2.95. The molecule has 0 unspecified atom stereocenters. The Hall–Kier alpha value is -2.45. The molecule has 0 aromatic heterocycles. The number of hydrogen-bond acceptors (Lipinski definition) is 4. The van der Waals surface area contributed by atoms with Crippen molar-refractivity contribution in [2.24, 2.45) is 0 Å². The topological polar surface area (TPSA) is 75.7 Å². The minimum atomic E-state index is -4.04. The van der Waals surface area contributed by atoms with Crippen molar-refractivity contribution in [3.05, 3.63) is 54.3 Å². The van der Waals surface area contributed by atoms with Crippen LogP contribution in [-0.2, 0) is 14.8 Å². The number of halogens is 1. The fraction of sp³-hybridized carbons (Fsp3) is 0.278. The van der Waals surface area contributed by atoms with Crippen LogP contribution in [0.25, 0.3) is 0 Å². The van der Waals surface area contributed by atoms with Crippen LogP contribution in [0, 0.1) is 5.82 Å². The Morgan fingerprint density at radius 1 is 1.19 bits per heavy atom. The van der Waals surface area contributed by atoms with E-state index >= 15 is 0 Å². The van der Waals surface area contributed by atoms with Crippen LogP contribution in [0.1, 0.15) is 13.3 Å². The number of anilines is 1. The minimum Gasteiger partial charge on any atom is -0.494 e. The zero-order valence-electron chi connectivity index (χ0n) is 14.2. The first-order valence-electron chi connectivity index (χ1n) is 8.21. The lowest BCUT2D eigenvalue weighted by molar-refractivity contribution is -0.117. The third-order valence-corrected chi connectivity index (χ3v) is 5.59. The van der Waals surface area contributed by atoms with E-state index in [1.165, 1.54) is 23.1 Å². The van der Waals surface area contributed by atoms with Gasteiger partial charge >= 0.3 is 0 Å². The summed E-state index contributed by atoms with van der Waals surface area (Å²) in [4.78, 5) is 13.4. The van der Waals surface area contributed by atoms with E-state index in [2.05, 4.69) is 4.72 Å². The summed E-state index contributed by atoms with van der Waals surface area (Å²) in [6.07, 6.45) is 0.0148. The van der Waals surface area contributed by atoms with Crippen LogP contribution in [0.5, 0.6) is 5.75 Å². The molecular weight excluding hydrogens is 359 g/mol. The number of ether oxygens (including phenoxy) is 1. The van der Waals surface area contributed by atoms with Gasteiger partial charge in [0.15, 0.2) is 0 Å². The Morgan fingerprint density at radius 2 is 1.88 bits per heavy atom. The third kappa shape index (κ3) is 3.86. The van der Waals surface area contributed by atoms with Crippen LogP contribution >= 0.6 is 0 Å². The molecule has 1 aliphatic heterocycles. The predicted octanol–water partition coefficient (Wildman–Crippen LogP) is 2.31. The van der Waals surface area contributed by atoms with Crippen LogP contribution in [0.4, 0.5) is 10.1 Å². The van der Waals surface area contributed by atoms with Crippen molar-refractivity contribution < 1.29 is 22.3 Å². The van der Waals surface area contributed by atoms with Crippen LogP contribution in [0.2, 0.25) is 0 Å². The lowest BCUT2D eigenvalue weighted by atomic mass is 10.3. The zero-order chi connectivity index (χ0) is 18.7. The maximum atomic E-state index is 13.8. The van der Waals surface area contributed by atoms with E-state index in [4.69, 9.17) is 4.74 Å². The molecule has 138 valence electrons. The van der Waals surface area contributed by atoms with Gasteiger partial charge in [-0.3, -0.25) is 4.79 Å². The van der Waals surface area contributed by atoms with E-state index in [9.17, 15) is 17.6 Å². The number of nitrogens with one attached hydrogen (secondary N) is 1. The van der Waals surface area contributed by atoms with Crippen molar-refractivity contribution in [3.8, 4) is 5.75 Å². The monoisotopic (exact) mass is 378 g/mol. The lowest BCUT2D eigenvalue weighted by Gasteiger charge is -2.18. The maximum Gasteiger partial charge on any atom is 0.243 e. The molecule has 0 spiro atoms. The molecule has 0 radical (unpaired) electrons. The Kier molecular flexibility index (Phi) is 5.24. The van der Waals surface area contributed by atoms with Gasteiger partial charge < -0.3 is 9.64 Å². The Bertz CT molecular complexity index is 900. The molecule has 6 nitrogen and oxygen atoms in total. The first-order chi connectivity index (χ1) is 12.4. The van der Waals surface area contributed by atoms with Gasteiger partial charge in [0.1, 0.15) is 16.5 Å². The highest BCUT2D eigenvalue weighted by Gasteiger charge is 2.34. The molecule has 2 aromatic carbocycles. The van der Waals surface area contributed by atoms with Crippen LogP contribution < -0.4 is 14.4 Å². The number of benzene rings is 2. The van der Waals surface area contributed by atoms with E-state index < -0.39 is 26.8 Å². The van der Waals surface area contributed by atoms with E-state index in [1.54, 1.807) is 24.3 Å². The Morgan fingerprint density at radius 3 is 2.54 bits per heavy atom. The number of amides is 1. The Balaban J connectivity index is 1.72. The molecule has 0 bridgehead atoms. The van der Waals surface area contributed by atoms with Crippen LogP contribution in [0.15, 0.2) is 53.4 Å². The summed E-state index contributed by atoms with van der Waals surface area (Å²) in [5.74, 6) is -0.331. The van der Waals surface area contributed by atoms with Crippen LogP contribution in [-0.4, -0.2) is 33.5 Å². The molecule has 1 fully saturated rings. The minimum absolute atomic E-state index is 0.0148. The van der Waals surface area contributed by atoms with Crippen molar-refractivity contribution in [3.63, 3.8) is 0 Å². The third-order valence-electron chi connectivity index (χ3n) is 4.03. The number of carbonyl (C=O) groups is 1. The summed E-state index contributed by atoms with van der Waals surface area (Å²) in [5, 5.41) is 0. The van der Waals surface area contributed by atoms with Gasteiger partial charge in [0.25, 0.3) is 0 Å². The molecule has 1 aliphatic rings. The summed E-state index contributed by atoms with van der Waals surface area (Å²) < 4.78 is 46.3. The molecule has 1 N–H and O–H groups in total. The summed E-state index contributed by atoms with van der Waals surface area (Å²) in [6, 6.07) is 11.5. The molecule has 8 heteroatoms. The normalized spacial score (nSPS) is 17.5. The second kappa shape index (κ2) is 7.43. The van der Waals surface area contributed by atoms with Gasteiger partial charge in [-0.15, -0.1) is 0 Å². The zero-order valence-corrected chi connectivity index (χ0v) is 15.0. The smallest absolute Gasteiger partial charge is 0.243 e. The molecule has 1 atom stereocenters. The summed E-state index contributed by atoms with van der Waals surface area (Å²) in [6.45, 7) is 2.60. The van der Waals surface area contributed by atoms with Gasteiger partial charge in [-0.1, -0.05) is 12.1 Å². The van der Waals surface area contributed by atoms with Gasteiger partial charge in [0, 0.05) is 24.7 Å². The number of carbonyl (C=O) groups excluding carboxylic acids is 1. The first kappa shape index (κ1) is 18.3. The second-order valence-electron chi connectivity index (χ2n) is 5.88. The first-order valence-corrected chi connectivity index (χ1v) is 9.69. The molecule has 3 rings (SSSR count).